The molecule has 2 N–H and O–H groups in total. The first-order chi connectivity index (χ1) is 19.7. The van der Waals surface area contributed by atoms with Crippen molar-refractivity contribution in [1.29, 1.82) is 0 Å². The number of carbonyl (C=O) groups is 2. The molecule has 0 amide bonds. The Morgan fingerprint density at radius 2 is 1.95 bits per heavy atom. The van der Waals surface area contributed by atoms with E-state index >= 15 is 13.2 Å². The van der Waals surface area contributed by atoms with Gasteiger partial charge in [-0.2, -0.15) is 0 Å². The van der Waals surface area contributed by atoms with E-state index in [4.69, 9.17) is 4.74 Å². The van der Waals surface area contributed by atoms with Crippen LogP contribution in [0, 0.1) is 28.8 Å². The average molecular weight is 614 g/mol. The van der Waals surface area contributed by atoms with Crippen LogP contribution in [0.4, 0.5) is 22.0 Å². The van der Waals surface area contributed by atoms with Crippen molar-refractivity contribution in [2.24, 2.45) is 16.3 Å². The fourth-order valence-electron chi connectivity index (χ4n) is 5.79. The number of carboxylic acid groups (broad SMARTS) is 1. The third-order valence-corrected chi connectivity index (χ3v) is 8.65. The Hall–Kier alpha value is -3.43. The molecule has 1 aromatic heterocycles. The van der Waals surface area contributed by atoms with Crippen molar-refractivity contribution >= 4 is 29.1 Å². The summed E-state index contributed by atoms with van der Waals surface area (Å²) >= 11 is 1.16. The van der Waals surface area contributed by atoms with Crippen LogP contribution < -0.4 is 5.32 Å². The van der Waals surface area contributed by atoms with Crippen molar-refractivity contribution in [2.45, 2.75) is 31.9 Å². The van der Waals surface area contributed by atoms with Crippen LogP contribution >= 0.6 is 11.3 Å². The van der Waals surface area contributed by atoms with Crippen LogP contribution in [-0.2, 0) is 14.3 Å². The molecule has 0 spiro atoms. The number of carbonyl (C=O) groups excluding carboxylic acids is 1. The van der Waals surface area contributed by atoms with Crippen molar-refractivity contribution in [1.82, 2.24) is 20.1 Å². The highest BCUT2D eigenvalue weighted by Gasteiger charge is 2.58. The molecule has 2 saturated heterocycles. The van der Waals surface area contributed by atoms with Crippen molar-refractivity contribution in [3.05, 3.63) is 63.0 Å². The summed E-state index contributed by atoms with van der Waals surface area (Å²) < 4.78 is 78.7. The van der Waals surface area contributed by atoms with Crippen molar-refractivity contribution in [3.63, 3.8) is 0 Å². The molecule has 0 saturated carbocycles. The van der Waals surface area contributed by atoms with E-state index in [9.17, 15) is 23.5 Å². The molecular formula is C27H28F5N5O4S. The van der Waals surface area contributed by atoms with Crippen LogP contribution in [0.3, 0.4) is 0 Å². The molecule has 15 heteroatoms. The number of hydrogen-bond acceptors (Lipinski definition) is 9. The van der Waals surface area contributed by atoms with Gasteiger partial charge in [0.25, 0.3) is 5.92 Å². The van der Waals surface area contributed by atoms with Gasteiger partial charge < -0.3 is 20.1 Å². The number of aromatic nitrogens is 1. The van der Waals surface area contributed by atoms with E-state index < -0.39 is 70.8 Å². The number of nitrogens with zero attached hydrogens (tertiary/aromatic N) is 4. The third kappa shape index (κ3) is 5.40. The summed E-state index contributed by atoms with van der Waals surface area (Å²) in [6, 6.07) is -0.524. The van der Waals surface area contributed by atoms with Crippen molar-refractivity contribution < 1.29 is 41.4 Å². The topological polar surface area (TPSA) is 107 Å². The summed E-state index contributed by atoms with van der Waals surface area (Å²) in [5.41, 5.74) is -1.80. The number of fused-ring (bicyclic) bond motifs is 1. The lowest BCUT2D eigenvalue weighted by molar-refractivity contribution is -0.148. The van der Waals surface area contributed by atoms with E-state index in [0.29, 0.717) is 11.1 Å². The Balaban J connectivity index is 1.54. The minimum absolute atomic E-state index is 0.0181. The monoisotopic (exact) mass is 613 g/mol. The van der Waals surface area contributed by atoms with E-state index in [0.717, 1.165) is 24.5 Å². The Kier molecular flexibility index (Phi) is 7.87. The number of halogens is 5. The molecule has 226 valence electrons. The number of aliphatic imine (C=N–C) groups is 1. The minimum atomic E-state index is -3.12. The zero-order valence-corrected chi connectivity index (χ0v) is 23.7. The molecule has 9 nitrogen and oxygen atoms in total. The molecular weight excluding hydrogens is 585 g/mol. The molecule has 0 bridgehead atoms. The third-order valence-electron chi connectivity index (χ3n) is 7.87. The van der Waals surface area contributed by atoms with Crippen LogP contribution in [-0.4, -0.2) is 89.5 Å². The number of carboxylic acids is 1. The Morgan fingerprint density at radius 3 is 2.60 bits per heavy atom. The largest absolute Gasteiger partial charge is 0.481 e. The first-order valence-corrected chi connectivity index (χ1v) is 13.9. The molecule has 3 atom stereocenters. The fraction of sp³-hybridized carbons (Fsp3) is 0.481. The zero-order valence-electron chi connectivity index (χ0n) is 22.8. The first kappa shape index (κ1) is 30.0. The lowest BCUT2D eigenvalue weighted by atomic mass is 9.93. The fourth-order valence-corrected chi connectivity index (χ4v) is 6.37. The standard InChI is InChI=1S/C27H28F5N5O4S/c1-26(2,25(39)40)11-36-8-14-17(10-36)37(12-27(14,31)32)9-16-18(24(38)41-3)21(13-4-5-15(28)20(30)19(13)29)35-22(34-16)23-33-6-7-42-23/h4-7,14,17,21H,8-12H2,1-3H3,(H,34,35)(H,39,40)/t14-,17+,21-/m0/s1. The van der Waals surface area contributed by atoms with E-state index in [2.05, 4.69) is 15.3 Å². The van der Waals surface area contributed by atoms with Crippen LogP contribution in [0.1, 0.15) is 30.5 Å². The number of likely N-dealkylation sites (tertiary alicyclic amines) is 2. The summed E-state index contributed by atoms with van der Waals surface area (Å²) in [6.45, 7) is 2.36. The molecule has 3 aliphatic rings. The number of methoxy groups -OCH3 is 1. The SMILES string of the molecule is COC(=O)C1=C(CN2CC(F)(F)[C@H]3CN(CC(C)(C)C(=O)O)C[C@H]32)NC(c2nccs2)=N[C@H]1c1ccc(F)c(F)c1F. The number of rotatable bonds is 8. The smallest absolute Gasteiger partial charge is 0.338 e. The maximum absolute atomic E-state index is 15.3. The van der Waals surface area contributed by atoms with Gasteiger partial charge in [-0.15, -0.1) is 11.3 Å². The Labute approximate surface area is 241 Å². The van der Waals surface area contributed by atoms with Gasteiger partial charge in [0.2, 0.25) is 0 Å². The quantitative estimate of drug-likeness (QED) is 0.265. The molecule has 0 radical (unpaired) electrons. The number of thiazole rings is 1. The van der Waals surface area contributed by atoms with Gasteiger partial charge in [0, 0.05) is 55.1 Å². The summed E-state index contributed by atoms with van der Waals surface area (Å²) in [4.78, 5) is 36.5. The second kappa shape index (κ2) is 11.0. The van der Waals surface area contributed by atoms with Crippen LogP contribution in [0.2, 0.25) is 0 Å². The summed E-state index contributed by atoms with van der Waals surface area (Å²) in [7, 11) is 1.07. The zero-order chi connectivity index (χ0) is 30.6. The number of aliphatic carboxylic acids is 1. The van der Waals surface area contributed by atoms with Gasteiger partial charge in [0.15, 0.2) is 28.3 Å². The van der Waals surface area contributed by atoms with Gasteiger partial charge in [-0.25, -0.2) is 31.7 Å². The van der Waals surface area contributed by atoms with E-state index in [1.807, 2.05) is 0 Å². The van der Waals surface area contributed by atoms with Gasteiger partial charge in [-0.1, -0.05) is 6.07 Å². The highest BCUT2D eigenvalue weighted by Crippen LogP contribution is 2.44. The van der Waals surface area contributed by atoms with E-state index in [1.165, 1.54) is 24.9 Å². The molecule has 0 aliphatic carbocycles. The van der Waals surface area contributed by atoms with Gasteiger partial charge in [-0.3, -0.25) is 14.7 Å². The van der Waals surface area contributed by atoms with Gasteiger partial charge in [-0.05, 0) is 19.9 Å². The second-order valence-corrected chi connectivity index (χ2v) is 12.1. The van der Waals surface area contributed by atoms with Gasteiger partial charge >= 0.3 is 11.9 Å². The molecule has 3 aliphatic heterocycles. The highest BCUT2D eigenvalue weighted by molar-refractivity contribution is 7.11. The maximum Gasteiger partial charge on any atom is 0.338 e. The van der Waals surface area contributed by atoms with Crippen molar-refractivity contribution in [3.8, 4) is 0 Å². The normalized spacial score (nSPS) is 24.4. The average Bonchev–Trinajstić information content (AvgIpc) is 3.65. The van der Waals surface area contributed by atoms with Crippen LogP contribution in [0.15, 0.2) is 40.0 Å². The number of esters is 1. The minimum Gasteiger partial charge on any atom is -0.481 e. The van der Waals surface area contributed by atoms with Crippen LogP contribution in [0.25, 0.3) is 0 Å². The van der Waals surface area contributed by atoms with Crippen molar-refractivity contribution in [2.75, 3.05) is 39.8 Å². The summed E-state index contributed by atoms with van der Waals surface area (Å²) in [5, 5.41) is 14.5. The number of nitrogens with one attached hydrogen (secondary N) is 1. The summed E-state index contributed by atoms with van der Waals surface area (Å²) in [5.74, 6) is -10.9. The van der Waals surface area contributed by atoms with Gasteiger partial charge in [0.05, 0.1) is 30.6 Å². The predicted molar refractivity (Wildman–Crippen MR) is 142 cm³/mol. The van der Waals surface area contributed by atoms with E-state index in [-0.39, 0.29) is 43.3 Å². The number of amidine groups is 1. The molecule has 2 fully saturated rings. The first-order valence-electron chi connectivity index (χ1n) is 13.0. The number of alkyl halides is 2. The van der Waals surface area contributed by atoms with Gasteiger partial charge in [0.1, 0.15) is 6.04 Å². The molecule has 1 aromatic carbocycles. The van der Waals surface area contributed by atoms with E-state index in [1.54, 1.807) is 10.3 Å². The number of ether oxygens (including phenoxy) is 1. The maximum atomic E-state index is 15.3. The Morgan fingerprint density at radius 1 is 1.21 bits per heavy atom. The lowest BCUT2D eigenvalue weighted by Gasteiger charge is -2.32. The summed E-state index contributed by atoms with van der Waals surface area (Å²) in [6.07, 6.45) is 1.48. The second-order valence-electron chi connectivity index (χ2n) is 11.2. The Bertz CT molecular complexity index is 1460. The highest BCUT2D eigenvalue weighted by atomic mass is 32.1. The van der Waals surface area contributed by atoms with Crippen LogP contribution in [0.5, 0.6) is 0 Å². The molecule has 4 heterocycles. The number of benzene rings is 1. The lowest BCUT2D eigenvalue weighted by Crippen LogP contribution is -2.44. The number of hydrogen-bond donors (Lipinski definition) is 2. The molecule has 2 aromatic rings. The molecule has 5 rings (SSSR count). The molecule has 0 unspecified atom stereocenters. The predicted octanol–water partition coefficient (Wildman–Crippen LogP) is 3.44. The molecule has 42 heavy (non-hydrogen) atoms.